The molecule has 2 aromatic rings. The van der Waals surface area contributed by atoms with E-state index in [-0.39, 0.29) is 16.5 Å². The second kappa shape index (κ2) is 6.63. The predicted octanol–water partition coefficient (Wildman–Crippen LogP) is 4.73. The van der Waals surface area contributed by atoms with Crippen LogP contribution in [0.1, 0.15) is 13.3 Å². The minimum atomic E-state index is -0.531. The monoisotopic (exact) mass is 312 g/mol. The molecule has 112 valence electrons. The number of rotatable bonds is 5. The number of hydrogen-bond donors (Lipinski definition) is 2. The minimum absolute atomic E-state index is 0.104. The molecule has 0 spiro atoms. The molecule has 0 unspecified atom stereocenters. The van der Waals surface area contributed by atoms with Gasteiger partial charge in [0.15, 0.2) is 11.6 Å². The summed E-state index contributed by atoms with van der Waals surface area (Å²) in [5.41, 5.74) is 6.89. The number of halogens is 3. The molecule has 0 atom stereocenters. The van der Waals surface area contributed by atoms with Gasteiger partial charge in [-0.25, -0.2) is 8.78 Å². The highest BCUT2D eigenvalue weighted by molar-refractivity contribution is 6.33. The van der Waals surface area contributed by atoms with Crippen molar-refractivity contribution in [2.45, 2.75) is 13.3 Å². The maximum atomic E-state index is 13.7. The Hall–Kier alpha value is -2.01. The van der Waals surface area contributed by atoms with E-state index in [4.69, 9.17) is 22.1 Å². The lowest BCUT2D eigenvalue weighted by Gasteiger charge is -2.14. The van der Waals surface area contributed by atoms with Gasteiger partial charge >= 0.3 is 0 Å². The molecular weight excluding hydrogens is 298 g/mol. The van der Waals surface area contributed by atoms with E-state index in [1.165, 1.54) is 30.3 Å². The van der Waals surface area contributed by atoms with E-state index in [1.807, 2.05) is 6.92 Å². The molecule has 0 amide bonds. The molecule has 2 aromatic carbocycles. The Bertz CT molecular complexity index is 650. The van der Waals surface area contributed by atoms with Crippen LogP contribution >= 0.6 is 11.6 Å². The second-order valence-electron chi connectivity index (χ2n) is 4.47. The molecule has 0 aliphatic heterocycles. The minimum Gasteiger partial charge on any atom is -0.490 e. The van der Waals surface area contributed by atoms with Crippen molar-refractivity contribution in [1.29, 1.82) is 0 Å². The first-order chi connectivity index (χ1) is 10.0. The van der Waals surface area contributed by atoms with Gasteiger partial charge in [-0.05, 0) is 24.6 Å². The molecule has 2 rings (SSSR count). The first kappa shape index (κ1) is 15.4. The van der Waals surface area contributed by atoms with Crippen LogP contribution in [0.3, 0.4) is 0 Å². The highest BCUT2D eigenvalue weighted by atomic mass is 35.5. The number of nitrogen functional groups attached to an aromatic ring is 1. The zero-order chi connectivity index (χ0) is 15.4. The normalized spacial score (nSPS) is 10.5. The third-order valence-electron chi connectivity index (χ3n) is 2.77. The summed E-state index contributed by atoms with van der Waals surface area (Å²) in [4.78, 5) is 0. The van der Waals surface area contributed by atoms with Crippen LogP contribution in [0.2, 0.25) is 5.02 Å². The highest BCUT2D eigenvalue weighted by Gasteiger charge is 2.11. The average Bonchev–Trinajstić information content (AvgIpc) is 2.43. The van der Waals surface area contributed by atoms with E-state index < -0.39 is 11.6 Å². The smallest absolute Gasteiger partial charge is 0.167 e. The third-order valence-corrected chi connectivity index (χ3v) is 3.08. The highest BCUT2D eigenvalue weighted by Crippen LogP contribution is 2.33. The van der Waals surface area contributed by atoms with Crippen molar-refractivity contribution in [3.05, 3.63) is 47.0 Å². The Balaban J connectivity index is 2.30. The SMILES string of the molecule is CCCOc1cc(Nc2ccc(F)cc2Cl)c(N)cc1F. The van der Waals surface area contributed by atoms with Crippen molar-refractivity contribution in [3.8, 4) is 5.75 Å². The largest absolute Gasteiger partial charge is 0.490 e. The van der Waals surface area contributed by atoms with Crippen molar-refractivity contribution in [3.63, 3.8) is 0 Å². The fourth-order valence-electron chi connectivity index (χ4n) is 1.74. The number of nitrogens with two attached hydrogens (primary N) is 1. The first-order valence-corrected chi connectivity index (χ1v) is 6.83. The number of hydrogen-bond acceptors (Lipinski definition) is 3. The van der Waals surface area contributed by atoms with Crippen LogP contribution < -0.4 is 15.8 Å². The third kappa shape index (κ3) is 3.76. The average molecular weight is 313 g/mol. The van der Waals surface area contributed by atoms with Crippen LogP contribution in [0, 0.1) is 11.6 Å². The molecular formula is C15H15ClF2N2O. The molecule has 0 fully saturated rings. The number of anilines is 3. The number of benzene rings is 2. The van der Waals surface area contributed by atoms with Crippen LogP contribution in [0.25, 0.3) is 0 Å². The predicted molar refractivity (Wildman–Crippen MR) is 81.3 cm³/mol. The van der Waals surface area contributed by atoms with Gasteiger partial charge in [0.1, 0.15) is 5.82 Å². The van der Waals surface area contributed by atoms with Gasteiger partial charge in [0.2, 0.25) is 0 Å². The van der Waals surface area contributed by atoms with Gasteiger partial charge in [0.25, 0.3) is 0 Å². The van der Waals surface area contributed by atoms with Crippen molar-refractivity contribution in [2.75, 3.05) is 17.7 Å². The lowest BCUT2D eigenvalue weighted by atomic mass is 10.2. The Morgan fingerprint density at radius 1 is 1.19 bits per heavy atom. The summed E-state index contributed by atoms with van der Waals surface area (Å²) in [6.45, 7) is 2.32. The van der Waals surface area contributed by atoms with Gasteiger partial charge in [-0.15, -0.1) is 0 Å². The maximum absolute atomic E-state index is 13.7. The zero-order valence-electron chi connectivity index (χ0n) is 11.4. The Labute approximate surface area is 126 Å². The molecule has 0 saturated heterocycles. The van der Waals surface area contributed by atoms with Gasteiger partial charge in [-0.3, -0.25) is 0 Å². The van der Waals surface area contributed by atoms with Crippen molar-refractivity contribution in [1.82, 2.24) is 0 Å². The maximum Gasteiger partial charge on any atom is 0.167 e. The summed E-state index contributed by atoms with van der Waals surface area (Å²) in [6.07, 6.45) is 0.760. The van der Waals surface area contributed by atoms with Crippen LogP contribution in [0.5, 0.6) is 5.75 Å². The van der Waals surface area contributed by atoms with Crippen molar-refractivity contribution >= 4 is 28.7 Å². The molecule has 0 radical (unpaired) electrons. The van der Waals surface area contributed by atoms with Crippen molar-refractivity contribution < 1.29 is 13.5 Å². The summed E-state index contributed by atoms with van der Waals surface area (Å²) < 4.78 is 32.0. The van der Waals surface area contributed by atoms with Gasteiger partial charge < -0.3 is 15.8 Å². The van der Waals surface area contributed by atoms with E-state index >= 15 is 0 Å². The number of nitrogens with one attached hydrogen (secondary N) is 1. The summed E-state index contributed by atoms with van der Waals surface area (Å²) in [7, 11) is 0. The van der Waals surface area contributed by atoms with Crippen LogP contribution in [-0.4, -0.2) is 6.61 Å². The van der Waals surface area contributed by atoms with Crippen LogP contribution in [0.4, 0.5) is 25.8 Å². The Morgan fingerprint density at radius 3 is 2.62 bits per heavy atom. The van der Waals surface area contributed by atoms with Crippen LogP contribution in [-0.2, 0) is 0 Å². The summed E-state index contributed by atoms with van der Waals surface area (Å²) in [5.74, 6) is -0.868. The van der Waals surface area contributed by atoms with E-state index in [0.29, 0.717) is 18.0 Å². The fraction of sp³-hybridized carbons (Fsp3) is 0.200. The molecule has 0 aromatic heterocycles. The molecule has 0 saturated carbocycles. The standard InChI is InChI=1S/C15H15ClF2N2O/c1-2-5-21-15-8-14(12(19)7-11(15)18)20-13-4-3-9(17)6-10(13)16/h3-4,6-8,20H,2,5,19H2,1H3. The molecule has 0 aliphatic carbocycles. The Kier molecular flexibility index (Phi) is 4.85. The quantitative estimate of drug-likeness (QED) is 0.784. The van der Waals surface area contributed by atoms with E-state index in [0.717, 1.165) is 6.42 Å². The van der Waals surface area contributed by atoms with Gasteiger partial charge in [0.05, 0.1) is 28.7 Å². The second-order valence-corrected chi connectivity index (χ2v) is 4.87. The van der Waals surface area contributed by atoms with Crippen LogP contribution in [0.15, 0.2) is 30.3 Å². The van der Waals surface area contributed by atoms with Gasteiger partial charge in [0, 0.05) is 12.1 Å². The Morgan fingerprint density at radius 2 is 1.95 bits per heavy atom. The van der Waals surface area contributed by atoms with Crippen molar-refractivity contribution in [2.24, 2.45) is 0 Å². The van der Waals surface area contributed by atoms with E-state index in [2.05, 4.69) is 5.32 Å². The molecule has 0 aliphatic rings. The molecule has 21 heavy (non-hydrogen) atoms. The lowest BCUT2D eigenvalue weighted by molar-refractivity contribution is 0.301. The van der Waals surface area contributed by atoms with Gasteiger partial charge in [-0.1, -0.05) is 18.5 Å². The summed E-state index contributed by atoms with van der Waals surface area (Å²) >= 11 is 5.94. The number of ether oxygens (including phenoxy) is 1. The first-order valence-electron chi connectivity index (χ1n) is 6.45. The summed E-state index contributed by atoms with van der Waals surface area (Å²) in [5, 5.41) is 3.14. The molecule has 0 heterocycles. The van der Waals surface area contributed by atoms with E-state index in [1.54, 1.807) is 0 Å². The topological polar surface area (TPSA) is 47.3 Å². The molecule has 0 bridgehead atoms. The lowest BCUT2D eigenvalue weighted by Crippen LogP contribution is -2.02. The molecule has 3 N–H and O–H groups in total. The fourth-order valence-corrected chi connectivity index (χ4v) is 1.95. The molecule has 6 heteroatoms. The molecule has 3 nitrogen and oxygen atoms in total. The van der Waals surface area contributed by atoms with Gasteiger partial charge in [-0.2, -0.15) is 0 Å². The summed E-state index contributed by atoms with van der Waals surface area (Å²) in [6, 6.07) is 6.55. The van der Waals surface area contributed by atoms with E-state index in [9.17, 15) is 8.78 Å². The zero-order valence-corrected chi connectivity index (χ0v) is 12.2.